The van der Waals surface area contributed by atoms with Crippen molar-refractivity contribution in [3.8, 4) is 5.75 Å². The van der Waals surface area contributed by atoms with Gasteiger partial charge in [-0.2, -0.15) is 0 Å². The van der Waals surface area contributed by atoms with Crippen LogP contribution in [0.5, 0.6) is 5.75 Å². The average molecular weight is 223 g/mol. The second kappa shape index (κ2) is 6.51. The van der Waals surface area contributed by atoms with Crippen LogP contribution in [0.3, 0.4) is 0 Å². The van der Waals surface area contributed by atoms with Gasteiger partial charge >= 0.3 is 0 Å². The first-order chi connectivity index (χ1) is 7.67. The molecule has 0 aliphatic carbocycles. The Morgan fingerprint density at radius 1 is 1.25 bits per heavy atom. The molecule has 1 unspecified atom stereocenters. The molecule has 1 aromatic carbocycles. The fourth-order valence-electron chi connectivity index (χ4n) is 1.49. The quantitative estimate of drug-likeness (QED) is 0.772. The van der Waals surface area contributed by atoms with Crippen molar-refractivity contribution in [3.05, 3.63) is 29.8 Å². The Labute approximate surface area is 97.4 Å². The highest BCUT2D eigenvalue weighted by atomic mass is 16.5. The minimum Gasteiger partial charge on any atom is -0.497 e. The predicted molar refractivity (Wildman–Crippen MR) is 66.0 cm³/mol. The first-order valence-corrected chi connectivity index (χ1v) is 5.65. The molecule has 0 bridgehead atoms. The van der Waals surface area contributed by atoms with Crippen LogP contribution in [0, 0.1) is 0 Å². The summed E-state index contributed by atoms with van der Waals surface area (Å²) in [5.74, 6) is 1.31. The van der Waals surface area contributed by atoms with Gasteiger partial charge in [0.05, 0.1) is 13.7 Å². The number of nitrogens with one attached hydrogen (secondary N) is 1. The molecule has 0 radical (unpaired) electrons. The molecular formula is C13H21NO2. The maximum Gasteiger partial charge on any atom is 0.118 e. The van der Waals surface area contributed by atoms with Crippen LogP contribution in [0.2, 0.25) is 0 Å². The van der Waals surface area contributed by atoms with E-state index in [0.717, 1.165) is 12.3 Å². The third kappa shape index (κ3) is 3.83. The van der Waals surface area contributed by atoms with E-state index < -0.39 is 0 Å². The zero-order chi connectivity index (χ0) is 12.0. The van der Waals surface area contributed by atoms with E-state index in [4.69, 9.17) is 9.84 Å². The molecule has 0 fully saturated rings. The maximum atomic E-state index is 8.91. The highest BCUT2D eigenvalue weighted by molar-refractivity contribution is 5.29. The smallest absolute Gasteiger partial charge is 0.118 e. The van der Waals surface area contributed by atoms with E-state index in [-0.39, 0.29) is 12.6 Å². The normalized spacial score (nSPS) is 14.5. The fourth-order valence-corrected chi connectivity index (χ4v) is 1.49. The lowest BCUT2D eigenvalue weighted by molar-refractivity contribution is 0.250. The van der Waals surface area contributed by atoms with Gasteiger partial charge in [0, 0.05) is 12.6 Å². The van der Waals surface area contributed by atoms with Crippen LogP contribution in [0.1, 0.15) is 25.3 Å². The predicted octanol–water partition coefficient (Wildman–Crippen LogP) is 1.77. The largest absolute Gasteiger partial charge is 0.497 e. The van der Waals surface area contributed by atoms with Crippen molar-refractivity contribution in [1.29, 1.82) is 0 Å². The first kappa shape index (κ1) is 13.0. The summed E-state index contributed by atoms with van der Waals surface area (Å²) in [6.07, 6.45) is 0. The molecule has 0 spiro atoms. The Kier molecular flexibility index (Phi) is 5.29. The molecule has 0 saturated heterocycles. The third-order valence-electron chi connectivity index (χ3n) is 2.73. The Bertz CT molecular complexity index is 297. The lowest BCUT2D eigenvalue weighted by atomic mass is 10.0. The molecule has 0 saturated carbocycles. The van der Waals surface area contributed by atoms with Crippen molar-refractivity contribution in [1.82, 2.24) is 5.32 Å². The van der Waals surface area contributed by atoms with E-state index in [2.05, 4.69) is 24.4 Å². The number of hydrogen-bond acceptors (Lipinski definition) is 3. The van der Waals surface area contributed by atoms with Gasteiger partial charge in [-0.25, -0.2) is 0 Å². The minimum absolute atomic E-state index is 0.153. The van der Waals surface area contributed by atoms with E-state index in [1.165, 1.54) is 5.56 Å². The number of benzene rings is 1. The third-order valence-corrected chi connectivity index (χ3v) is 2.73. The monoisotopic (exact) mass is 223 g/mol. The van der Waals surface area contributed by atoms with E-state index in [1.54, 1.807) is 7.11 Å². The molecule has 0 aliphatic heterocycles. The van der Waals surface area contributed by atoms with Crippen molar-refractivity contribution in [2.45, 2.75) is 25.8 Å². The van der Waals surface area contributed by atoms with E-state index in [9.17, 15) is 0 Å². The van der Waals surface area contributed by atoms with Crippen molar-refractivity contribution in [2.24, 2.45) is 0 Å². The number of aliphatic hydroxyl groups excluding tert-OH is 1. The molecule has 0 aromatic heterocycles. The first-order valence-electron chi connectivity index (χ1n) is 5.65. The second-order valence-corrected chi connectivity index (χ2v) is 4.17. The molecule has 16 heavy (non-hydrogen) atoms. The molecule has 0 heterocycles. The second-order valence-electron chi connectivity index (χ2n) is 4.17. The number of aliphatic hydroxyl groups is 1. The van der Waals surface area contributed by atoms with Gasteiger partial charge in [-0.15, -0.1) is 0 Å². The van der Waals surface area contributed by atoms with Crippen molar-refractivity contribution in [3.63, 3.8) is 0 Å². The van der Waals surface area contributed by atoms with Crippen LogP contribution in [0.25, 0.3) is 0 Å². The Morgan fingerprint density at radius 3 is 2.38 bits per heavy atom. The van der Waals surface area contributed by atoms with E-state index >= 15 is 0 Å². The molecule has 2 N–H and O–H groups in total. The van der Waals surface area contributed by atoms with Gasteiger partial charge in [-0.3, -0.25) is 0 Å². The van der Waals surface area contributed by atoms with Gasteiger partial charge in [-0.05, 0) is 30.5 Å². The van der Waals surface area contributed by atoms with E-state index in [1.807, 2.05) is 19.1 Å². The average Bonchev–Trinajstić information content (AvgIpc) is 2.35. The molecule has 1 aromatic rings. The summed E-state index contributed by atoms with van der Waals surface area (Å²) in [4.78, 5) is 0. The van der Waals surface area contributed by atoms with Crippen LogP contribution in [0.4, 0.5) is 0 Å². The lowest BCUT2D eigenvalue weighted by Gasteiger charge is -2.16. The van der Waals surface area contributed by atoms with Gasteiger partial charge < -0.3 is 15.2 Å². The lowest BCUT2D eigenvalue weighted by Crippen LogP contribution is -2.32. The van der Waals surface area contributed by atoms with Gasteiger partial charge in [0.2, 0.25) is 0 Å². The van der Waals surface area contributed by atoms with Gasteiger partial charge in [-0.1, -0.05) is 19.1 Å². The van der Waals surface area contributed by atoms with Crippen LogP contribution in [-0.2, 0) is 0 Å². The van der Waals surface area contributed by atoms with Crippen molar-refractivity contribution in [2.75, 3.05) is 20.3 Å². The van der Waals surface area contributed by atoms with Crippen molar-refractivity contribution >= 4 is 0 Å². The van der Waals surface area contributed by atoms with E-state index in [0.29, 0.717) is 5.92 Å². The number of rotatable bonds is 6. The highest BCUT2D eigenvalue weighted by Crippen LogP contribution is 2.18. The van der Waals surface area contributed by atoms with Crippen LogP contribution in [0.15, 0.2) is 24.3 Å². The number of hydrogen-bond donors (Lipinski definition) is 2. The van der Waals surface area contributed by atoms with Crippen LogP contribution >= 0.6 is 0 Å². The van der Waals surface area contributed by atoms with Gasteiger partial charge in [0.25, 0.3) is 0 Å². The summed E-state index contributed by atoms with van der Waals surface area (Å²) in [6, 6.07) is 8.26. The topological polar surface area (TPSA) is 41.5 Å². The summed E-state index contributed by atoms with van der Waals surface area (Å²) >= 11 is 0. The molecule has 3 heteroatoms. The Morgan fingerprint density at radius 2 is 1.88 bits per heavy atom. The maximum absolute atomic E-state index is 8.91. The Hall–Kier alpha value is -1.06. The molecule has 1 rings (SSSR count). The SMILES string of the molecule is COc1ccc(C(C)CN[C@H](C)CO)cc1. The summed E-state index contributed by atoms with van der Waals surface area (Å²) in [6.45, 7) is 5.18. The number of ether oxygens (including phenoxy) is 1. The van der Waals surface area contributed by atoms with Gasteiger partial charge in [0.15, 0.2) is 0 Å². The summed E-state index contributed by atoms with van der Waals surface area (Å²) < 4.78 is 5.12. The molecule has 3 nitrogen and oxygen atoms in total. The summed E-state index contributed by atoms with van der Waals surface area (Å²) in [7, 11) is 1.67. The van der Waals surface area contributed by atoms with Crippen molar-refractivity contribution < 1.29 is 9.84 Å². The zero-order valence-electron chi connectivity index (χ0n) is 10.2. The molecule has 90 valence electrons. The number of methoxy groups -OCH3 is 1. The summed E-state index contributed by atoms with van der Waals surface area (Å²) in [5.41, 5.74) is 1.28. The minimum atomic E-state index is 0.153. The molecule has 0 aliphatic rings. The standard InChI is InChI=1S/C13H21NO2/c1-10(8-14-11(2)9-15)12-4-6-13(16-3)7-5-12/h4-7,10-11,14-15H,8-9H2,1-3H3/t10?,11-/m1/s1. The molecular weight excluding hydrogens is 202 g/mol. The van der Waals surface area contributed by atoms with Gasteiger partial charge in [0.1, 0.15) is 5.75 Å². The highest BCUT2D eigenvalue weighted by Gasteiger charge is 2.07. The fraction of sp³-hybridized carbons (Fsp3) is 0.538. The summed E-state index contributed by atoms with van der Waals surface area (Å²) in [5, 5.41) is 12.2. The molecule has 2 atom stereocenters. The molecule has 0 amide bonds. The van der Waals surface area contributed by atoms with Crippen LogP contribution in [-0.4, -0.2) is 31.4 Å². The van der Waals surface area contributed by atoms with Crippen LogP contribution < -0.4 is 10.1 Å². The Balaban J connectivity index is 2.49. The zero-order valence-corrected chi connectivity index (χ0v) is 10.2.